The summed E-state index contributed by atoms with van der Waals surface area (Å²) in [5.41, 5.74) is 0.661. The third kappa shape index (κ3) is 5.51. The van der Waals surface area contributed by atoms with Crippen molar-refractivity contribution in [2.24, 2.45) is 0 Å². The van der Waals surface area contributed by atoms with Gasteiger partial charge in [0.2, 0.25) is 0 Å². The molecule has 0 unspecified atom stereocenters. The number of thioether (sulfide) groups is 1. The molecule has 1 aliphatic heterocycles. The summed E-state index contributed by atoms with van der Waals surface area (Å²) in [6.45, 7) is 6.28. The lowest BCUT2D eigenvalue weighted by molar-refractivity contribution is -0.145. The van der Waals surface area contributed by atoms with E-state index in [1.54, 1.807) is 25.1 Å². The second-order valence-corrected chi connectivity index (χ2v) is 7.53. The number of rotatable bonds is 9. The Balaban J connectivity index is 2.28. The van der Waals surface area contributed by atoms with Gasteiger partial charge in [0.1, 0.15) is 0 Å². The zero-order chi connectivity index (χ0) is 20.7. The minimum atomic E-state index is -0.477. The second-order valence-electron chi connectivity index (χ2n) is 5.68. The Bertz CT molecular complexity index is 795. The van der Waals surface area contributed by atoms with Crippen LogP contribution in [0.2, 0.25) is 0 Å². The van der Waals surface area contributed by atoms with Gasteiger partial charge in [-0.2, -0.15) is 0 Å². The molecular formula is C19H22BrNO6S. The molecule has 0 aliphatic carbocycles. The van der Waals surface area contributed by atoms with Crippen LogP contribution in [0, 0.1) is 0 Å². The Labute approximate surface area is 176 Å². The van der Waals surface area contributed by atoms with E-state index in [0.29, 0.717) is 46.0 Å². The highest BCUT2D eigenvalue weighted by atomic mass is 79.9. The van der Waals surface area contributed by atoms with E-state index in [-0.39, 0.29) is 24.4 Å². The Morgan fingerprint density at radius 3 is 2.50 bits per heavy atom. The van der Waals surface area contributed by atoms with Crippen LogP contribution in [0.1, 0.15) is 32.8 Å². The van der Waals surface area contributed by atoms with Crippen molar-refractivity contribution < 1.29 is 28.6 Å². The van der Waals surface area contributed by atoms with Crippen LogP contribution < -0.4 is 9.47 Å². The summed E-state index contributed by atoms with van der Waals surface area (Å²) in [7, 11) is 0. The van der Waals surface area contributed by atoms with Crippen LogP contribution in [0.3, 0.4) is 0 Å². The summed E-state index contributed by atoms with van der Waals surface area (Å²) in [4.78, 5) is 37.6. The Morgan fingerprint density at radius 1 is 1.14 bits per heavy atom. The van der Waals surface area contributed by atoms with Gasteiger partial charge < -0.3 is 14.2 Å². The monoisotopic (exact) mass is 471 g/mol. The maximum Gasteiger partial charge on any atom is 0.344 e. The third-order valence-electron chi connectivity index (χ3n) is 3.62. The number of carbonyl (C=O) groups is 3. The molecule has 1 aromatic carbocycles. The molecule has 7 nitrogen and oxygen atoms in total. The molecule has 2 rings (SSSR count). The topological polar surface area (TPSA) is 82.1 Å². The Hall–Kier alpha value is -2.00. The highest BCUT2D eigenvalue weighted by molar-refractivity contribution is 9.10. The van der Waals surface area contributed by atoms with Crippen molar-refractivity contribution >= 4 is 50.9 Å². The minimum Gasteiger partial charge on any atom is -0.490 e. The SMILES string of the molecule is CCCN1C(=O)S/C(=C/c2cc(OCC)c(OCC(=O)OCC)cc2Br)C1=O. The average molecular weight is 472 g/mol. The number of imide groups is 1. The quantitative estimate of drug-likeness (QED) is 0.393. The largest absolute Gasteiger partial charge is 0.490 e. The van der Waals surface area contributed by atoms with Gasteiger partial charge in [0.25, 0.3) is 11.1 Å². The first-order valence-corrected chi connectivity index (χ1v) is 10.5. The fourth-order valence-electron chi connectivity index (χ4n) is 2.44. The van der Waals surface area contributed by atoms with Crippen LogP contribution >= 0.6 is 27.7 Å². The van der Waals surface area contributed by atoms with E-state index < -0.39 is 5.97 Å². The number of nitrogens with zero attached hydrogens (tertiary/aromatic N) is 1. The van der Waals surface area contributed by atoms with Crippen LogP contribution in [-0.4, -0.2) is 48.4 Å². The molecule has 1 aliphatic rings. The fraction of sp³-hybridized carbons (Fsp3) is 0.421. The van der Waals surface area contributed by atoms with Crippen molar-refractivity contribution in [1.29, 1.82) is 0 Å². The summed E-state index contributed by atoms with van der Waals surface area (Å²) in [5.74, 6) is 0.0196. The average Bonchev–Trinajstić information content (AvgIpc) is 2.91. The summed E-state index contributed by atoms with van der Waals surface area (Å²) in [6.07, 6.45) is 2.35. The molecule has 0 bridgehead atoms. The first-order chi connectivity index (χ1) is 13.4. The molecule has 1 aromatic rings. The molecule has 152 valence electrons. The van der Waals surface area contributed by atoms with Gasteiger partial charge in [0.05, 0.1) is 18.1 Å². The Morgan fingerprint density at radius 2 is 1.86 bits per heavy atom. The lowest BCUT2D eigenvalue weighted by Crippen LogP contribution is -2.28. The molecule has 0 saturated carbocycles. The van der Waals surface area contributed by atoms with Gasteiger partial charge in [-0.15, -0.1) is 0 Å². The molecule has 0 atom stereocenters. The molecule has 0 aromatic heterocycles. The lowest BCUT2D eigenvalue weighted by Gasteiger charge is -2.14. The van der Waals surface area contributed by atoms with E-state index in [2.05, 4.69) is 15.9 Å². The van der Waals surface area contributed by atoms with Crippen molar-refractivity contribution in [3.05, 3.63) is 27.1 Å². The number of halogens is 1. The number of hydrogen-bond acceptors (Lipinski definition) is 7. The summed E-state index contributed by atoms with van der Waals surface area (Å²) in [5, 5.41) is -0.270. The molecule has 2 amide bonds. The molecule has 1 heterocycles. The summed E-state index contributed by atoms with van der Waals surface area (Å²) >= 11 is 4.36. The minimum absolute atomic E-state index is 0.240. The molecule has 1 saturated heterocycles. The molecule has 1 fully saturated rings. The number of carbonyl (C=O) groups excluding carboxylic acids is 3. The van der Waals surface area contributed by atoms with E-state index in [1.807, 2.05) is 13.8 Å². The normalized spacial score (nSPS) is 15.3. The van der Waals surface area contributed by atoms with Crippen molar-refractivity contribution in [2.45, 2.75) is 27.2 Å². The third-order valence-corrected chi connectivity index (χ3v) is 5.22. The maximum atomic E-state index is 12.4. The smallest absolute Gasteiger partial charge is 0.344 e. The van der Waals surface area contributed by atoms with Crippen molar-refractivity contribution in [3.8, 4) is 11.5 Å². The molecule has 0 spiro atoms. The molecular weight excluding hydrogens is 450 g/mol. The predicted molar refractivity (Wildman–Crippen MR) is 110 cm³/mol. The summed E-state index contributed by atoms with van der Waals surface area (Å²) < 4.78 is 16.6. The first kappa shape index (κ1) is 22.3. The van der Waals surface area contributed by atoms with Gasteiger partial charge >= 0.3 is 5.97 Å². The van der Waals surface area contributed by atoms with Crippen LogP contribution in [-0.2, 0) is 14.3 Å². The highest BCUT2D eigenvalue weighted by Gasteiger charge is 2.34. The summed E-state index contributed by atoms with van der Waals surface area (Å²) in [6, 6.07) is 3.36. The van der Waals surface area contributed by atoms with E-state index in [4.69, 9.17) is 14.2 Å². The lowest BCUT2D eigenvalue weighted by atomic mass is 10.1. The number of ether oxygens (including phenoxy) is 3. The van der Waals surface area contributed by atoms with Crippen LogP contribution in [0.4, 0.5) is 4.79 Å². The zero-order valence-electron chi connectivity index (χ0n) is 16.0. The Kier molecular flexibility index (Phi) is 8.37. The van der Waals surface area contributed by atoms with E-state index in [1.165, 1.54) is 4.90 Å². The van der Waals surface area contributed by atoms with Crippen LogP contribution in [0.25, 0.3) is 6.08 Å². The molecule has 0 N–H and O–H groups in total. The van der Waals surface area contributed by atoms with Crippen LogP contribution in [0.5, 0.6) is 11.5 Å². The van der Waals surface area contributed by atoms with Crippen molar-refractivity contribution in [2.75, 3.05) is 26.4 Å². The standard InChI is InChI=1S/C19H22BrNO6S/c1-4-7-21-18(23)16(28-19(21)24)9-12-8-14(25-5-2)15(10-13(12)20)27-11-17(22)26-6-3/h8-10H,4-7,11H2,1-3H3/b16-9+. The predicted octanol–water partition coefficient (Wildman–Crippen LogP) is 4.24. The zero-order valence-corrected chi connectivity index (χ0v) is 18.4. The number of benzene rings is 1. The van der Waals surface area contributed by atoms with E-state index in [9.17, 15) is 14.4 Å². The fourth-order valence-corrected chi connectivity index (χ4v) is 3.73. The molecule has 0 radical (unpaired) electrons. The number of esters is 1. The second kappa shape index (κ2) is 10.5. The van der Waals surface area contributed by atoms with Gasteiger partial charge in [0, 0.05) is 11.0 Å². The molecule has 9 heteroatoms. The van der Waals surface area contributed by atoms with Gasteiger partial charge in [0.15, 0.2) is 18.1 Å². The maximum absolute atomic E-state index is 12.4. The number of amides is 2. The van der Waals surface area contributed by atoms with Gasteiger partial charge in [-0.25, -0.2) is 4.79 Å². The van der Waals surface area contributed by atoms with Gasteiger partial charge in [-0.1, -0.05) is 22.9 Å². The van der Waals surface area contributed by atoms with Gasteiger partial charge in [-0.05, 0) is 55.8 Å². The van der Waals surface area contributed by atoms with E-state index in [0.717, 1.165) is 11.8 Å². The first-order valence-electron chi connectivity index (χ1n) is 8.91. The highest BCUT2D eigenvalue weighted by Crippen LogP contribution is 2.38. The van der Waals surface area contributed by atoms with Gasteiger partial charge in [-0.3, -0.25) is 14.5 Å². The van der Waals surface area contributed by atoms with Crippen molar-refractivity contribution in [1.82, 2.24) is 4.90 Å². The molecule has 28 heavy (non-hydrogen) atoms. The van der Waals surface area contributed by atoms with Crippen molar-refractivity contribution in [3.63, 3.8) is 0 Å². The number of hydrogen-bond donors (Lipinski definition) is 0. The van der Waals surface area contributed by atoms with E-state index >= 15 is 0 Å². The van der Waals surface area contributed by atoms with Crippen LogP contribution in [0.15, 0.2) is 21.5 Å².